The minimum atomic E-state index is -0.330. The number of nitrogens with one attached hydrogen (secondary N) is 1. The maximum absolute atomic E-state index is 13.2. The SMILES string of the molecule is CNC1CCN(Cc2ccc(Cl)c(F)c2)C1.Cl. The summed E-state index contributed by atoms with van der Waals surface area (Å²) in [5.41, 5.74) is 0.985. The Bertz CT molecular complexity index is 374. The van der Waals surface area contributed by atoms with Crippen LogP contribution < -0.4 is 5.32 Å². The van der Waals surface area contributed by atoms with Crippen molar-refractivity contribution in [3.05, 3.63) is 34.6 Å². The van der Waals surface area contributed by atoms with E-state index in [1.807, 2.05) is 13.1 Å². The van der Waals surface area contributed by atoms with Crippen molar-refractivity contribution in [1.29, 1.82) is 0 Å². The van der Waals surface area contributed by atoms with E-state index >= 15 is 0 Å². The quantitative estimate of drug-likeness (QED) is 0.915. The molecule has 17 heavy (non-hydrogen) atoms. The van der Waals surface area contributed by atoms with Gasteiger partial charge in [0.1, 0.15) is 5.82 Å². The van der Waals surface area contributed by atoms with Crippen LogP contribution in [0.5, 0.6) is 0 Å². The molecule has 1 fully saturated rings. The van der Waals surface area contributed by atoms with Crippen molar-refractivity contribution in [1.82, 2.24) is 10.2 Å². The van der Waals surface area contributed by atoms with Gasteiger partial charge in [-0.3, -0.25) is 4.90 Å². The van der Waals surface area contributed by atoms with E-state index < -0.39 is 0 Å². The van der Waals surface area contributed by atoms with E-state index in [1.165, 1.54) is 6.07 Å². The summed E-state index contributed by atoms with van der Waals surface area (Å²) in [5.74, 6) is -0.330. The van der Waals surface area contributed by atoms with E-state index in [0.29, 0.717) is 6.04 Å². The van der Waals surface area contributed by atoms with E-state index in [-0.39, 0.29) is 23.2 Å². The van der Waals surface area contributed by atoms with Gasteiger partial charge in [0.2, 0.25) is 0 Å². The molecule has 2 rings (SSSR count). The van der Waals surface area contributed by atoms with Crippen LogP contribution in [0.1, 0.15) is 12.0 Å². The Morgan fingerprint density at radius 1 is 1.53 bits per heavy atom. The standard InChI is InChI=1S/C12H16ClFN2.ClH/c1-15-10-4-5-16(8-10)7-9-2-3-11(13)12(14)6-9;/h2-3,6,10,15H,4-5,7-8H2,1H3;1H. The van der Waals surface area contributed by atoms with Gasteiger partial charge in [0, 0.05) is 25.7 Å². The second kappa shape index (κ2) is 6.55. The van der Waals surface area contributed by atoms with Crippen molar-refractivity contribution in [3.8, 4) is 0 Å². The summed E-state index contributed by atoms with van der Waals surface area (Å²) < 4.78 is 13.2. The van der Waals surface area contributed by atoms with Crippen molar-refractivity contribution in [3.63, 3.8) is 0 Å². The lowest BCUT2D eigenvalue weighted by Gasteiger charge is -2.16. The van der Waals surface area contributed by atoms with Gasteiger partial charge in [0.05, 0.1) is 5.02 Å². The summed E-state index contributed by atoms with van der Waals surface area (Å²) in [6, 6.07) is 5.60. The number of hydrogen-bond acceptors (Lipinski definition) is 2. The van der Waals surface area contributed by atoms with Crippen LogP contribution in [0.4, 0.5) is 4.39 Å². The molecule has 5 heteroatoms. The molecule has 0 radical (unpaired) electrons. The van der Waals surface area contributed by atoms with Crippen molar-refractivity contribution < 1.29 is 4.39 Å². The molecule has 0 bridgehead atoms. The molecule has 0 amide bonds. The lowest BCUT2D eigenvalue weighted by atomic mass is 10.2. The van der Waals surface area contributed by atoms with Gasteiger partial charge in [-0.2, -0.15) is 0 Å². The van der Waals surface area contributed by atoms with Crippen molar-refractivity contribution in [2.45, 2.75) is 19.0 Å². The Kier molecular flexibility index (Phi) is 5.67. The molecular formula is C12H17Cl2FN2. The van der Waals surface area contributed by atoms with Gasteiger partial charge in [-0.05, 0) is 31.2 Å². The second-order valence-electron chi connectivity index (χ2n) is 4.26. The fourth-order valence-electron chi connectivity index (χ4n) is 2.11. The first-order valence-electron chi connectivity index (χ1n) is 5.52. The smallest absolute Gasteiger partial charge is 0.142 e. The Hall–Kier alpha value is -0.350. The first-order chi connectivity index (χ1) is 7.69. The van der Waals surface area contributed by atoms with Gasteiger partial charge in [-0.15, -0.1) is 12.4 Å². The monoisotopic (exact) mass is 278 g/mol. The molecule has 1 unspecified atom stereocenters. The van der Waals surface area contributed by atoms with Gasteiger partial charge >= 0.3 is 0 Å². The largest absolute Gasteiger partial charge is 0.316 e. The molecule has 1 aliphatic rings. The lowest BCUT2D eigenvalue weighted by molar-refractivity contribution is 0.322. The normalized spacial score (nSPS) is 20.3. The maximum atomic E-state index is 13.2. The van der Waals surface area contributed by atoms with Crippen molar-refractivity contribution in [2.75, 3.05) is 20.1 Å². The highest BCUT2D eigenvalue weighted by Crippen LogP contribution is 2.18. The Morgan fingerprint density at radius 3 is 2.88 bits per heavy atom. The van der Waals surface area contributed by atoms with Gasteiger partial charge in [0.25, 0.3) is 0 Å². The topological polar surface area (TPSA) is 15.3 Å². The summed E-state index contributed by atoms with van der Waals surface area (Å²) >= 11 is 5.64. The molecule has 1 N–H and O–H groups in total. The summed E-state index contributed by atoms with van der Waals surface area (Å²) in [4.78, 5) is 2.32. The molecule has 1 atom stereocenters. The number of nitrogens with zero attached hydrogens (tertiary/aromatic N) is 1. The van der Waals surface area contributed by atoms with Crippen LogP contribution in [0.2, 0.25) is 5.02 Å². The van der Waals surface area contributed by atoms with Crippen molar-refractivity contribution >= 4 is 24.0 Å². The minimum absolute atomic E-state index is 0. The Labute approximate surface area is 113 Å². The second-order valence-corrected chi connectivity index (χ2v) is 4.67. The minimum Gasteiger partial charge on any atom is -0.316 e. The predicted octanol–water partition coefficient (Wildman–Crippen LogP) is 2.69. The highest BCUT2D eigenvalue weighted by Gasteiger charge is 2.20. The molecule has 0 aromatic heterocycles. The average molecular weight is 279 g/mol. The highest BCUT2D eigenvalue weighted by molar-refractivity contribution is 6.30. The first-order valence-corrected chi connectivity index (χ1v) is 5.90. The van der Waals surface area contributed by atoms with Crippen LogP contribution in [-0.4, -0.2) is 31.1 Å². The number of hydrogen-bond donors (Lipinski definition) is 1. The number of rotatable bonds is 3. The lowest BCUT2D eigenvalue weighted by Crippen LogP contribution is -2.29. The number of likely N-dealkylation sites (tertiary alicyclic amines) is 1. The Morgan fingerprint density at radius 2 is 2.29 bits per heavy atom. The molecule has 1 aromatic carbocycles. The zero-order valence-electron chi connectivity index (χ0n) is 9.75. The van der Waals surface area contributed by atoms with Gasteiger partial charge in [0.15, 0.2) is 0 Å². The molecule has 0 saturated carbocycles. The third-order valence-electron chi connectivity index (χ3n) is 3.07. The van der Waals surface area contributed by atoms with Gasteiger partial charge in [-0.1, -0.05) is 17.7 Å². The van der Waals surface area contributed by atoms with E-state index in [2.05, 4.69) is 10.2 Å². The average Bonchev–Trinajstić information content (AvgIpc) is 2.71. The molecule has 0 spiro atoms. The van der Waals surface area contributed by atoms with Gasteiger partial charge in [-0.25, -0.2) is 4.39 Å². The zero-order chi connectivity index (χ0) is 11.5. The number of halogens is 3. The number of likely N-dealkylation sites (N-methyl/N-ethyl adjacent to an activating group) is 1. The molecule has 1 aromatic rings. The molecular weight excluding hydrogens is 262 g/mol. The highest BCUT2D eigenvalue weighted by atomic mass is 35.5. The molecule has 1 aliphatic heterocycles. The fourth-order valence-corrected chi connectivity index (χ4v) is 2.23. The van der Waals surface area contributed by atoms with Crippen LogP contribution in [-0.2, 0) is 6.54 Å². The van der Waals surface area contributed by atoms with E-state index in [9.17, 15) is 4.39 Å². The molecule has 0 aliphatic carbocycles. The first kappa shape index (κ1) is 14.7. The van der Waals surface area contributed by atoms with E-state index in [4.69, 9.17) is 11.6 Å². The zero-order valence-corrected chi connectivity index (χ0v) is 11.3. The van der Waals surface area contributed by atoms with Crippen LogP contribution in [0, 0.1) is 5.82 Å². The molecule has 96 valence electrons. The molecule has 2 nitrogen and oxygen atoms in total. The predicted molar refractivity (Wildman–Crippen MR) is 71.4 cm³/mol. The van der Waals surface area contributed by atoms with Crippen LogP contribution in [0.3, 0.4) is 0 Å². The summed E-state index contributed by atoms with van der Waals surface area (Å²) in [6.07, 6.45) is 1.16. The van der Waals surface area contributed by atoms with E-state index in [1.54, 1.807) is 6.07 Å². The van der Waals surface area contributed by atoms with Crippen LogP contribution >= 0.6 is 24.0 Å². The maximum Gasteiger partial charge on any atom is 0.142 e. The third-order valence-corrected chi connectivity index (χ3v) is 3.38. The summed E-state index contributed by atoms with van der Waals surface area (Å²) in [6.45, 7) is 2.89. The third kappa shape index (κ3) is 3.81. The van der Waals surface area contributed by atoms with Crippen LogP contribution in [0.15, 0.2) is 18.2 Å². The van der Waals surface area contributed by atoms with Gasteiger partial charge < -0.3 is 5.32 Å². The molecule has 1 heterocycles. The van der Waals surface area contributed by atoms with Crippen molar-refractivity contribution in [2.24, 2.45) is 0 Å². The fraction of sp³-hybridized carbons (Fsp3) is 0.500. The van der Waals surface area contributed by atoms with Crippen LogP contribution in [0.25, 0.3) is 0 Å². The summed E-state index contributed by atoms with van der Waals surface area (Å²) in [7, 11) is 1.98. The van der Waals surface area contributed by atoms with E-state index in [0.717, 1.165) is 31.6 Å². The molecule has 1 saturated heterocycles. The number of benzene rings is 1. The Balaban J connectivity index is 0.00000144. The summed E-state index contributed by atoms with van der Waals surface area (Å²) in [5, 5.41) is 3.46.